The molecule has 5 nitrogen and oxygen atoms in total. The van der Waals surface area contributed by atoms with Gasteiger partial charge in [-0.05, 0) is 55.5 Å². The van der Waals surface area contributed by atoms with Crippen molar-refractivity contribution in [1.29, 1.82) is 0 Å². The van der Waals surface area contributed by atoms with Crippen LogP contribution < -0.4 is 20.1 Å². The van der Waals surface area contributed by atoms with E-state index in [1.54, 1.807) is 19.5 Å². The maximum Gasteiger partial charge on any atom is 0.171 e. The molecule has 6 heteroatoms. The largest absolute Gasteiger partial charge is 0.497 e. The number of benzene rings is 1. The van der Waals surface area contributed by atoms with E-state index in [0.717, 1.165) is 17.2 Å². The van der Waals surface area contributed by atoms with Crippen molar-refractivity contribution in [2.75, 3.05) is 19.0 Å². The summed E-state index contributed by atoms with van der Waals surface area (Å²) in [4.78, 5) is 3.96. The van der Waals surface area contributed by atoms with E-state index in [9.17, 15) is 0 Å². The maximum atomic E-state index is 5.70. The fraction of sp³-hybridized carbons (Fsp3) is 0.250. The van der Waals surface area contributed by atoms with Crippen LogP contribution in [0.25, 0.3) is 0 Å². The Balaban J connectivity index is 1.74. The predicted molar refractivity (Wildman–Crippen MR) is 91.5 cm³/mol. The summed E-state index contributed by atoms with van der Waals surface area (Å²) in [6.45, 7) is 2.51. The molecule has 1 aromatic heterocycles. The third kappa shape index (κ3) is 5.21. The van der Waals surface area contributed by atoms with Gasteiger partial charge in [-0.3, -0.25) is 4.98 Å². The zero-order valence-corrected chi connectivity index (χ0v) is 13.4. The molecular weight excluding hydrogens is 298 g/mol. The van der Waals surface area contributed by atoms with E-state index >= 15 is 0 Å². The number of anilines is 1. The Hall–Kier alpha value is -2.34. The third-order valence-corrected chi connectivity index (χ3v) is 3.10. The van der Waals surface area contributed by atoms with Gasteiger partial charge in [0.05, 0.1) is 13.2 Å². The lowest BCUT2D eigenvalue weighted by Crippen LogP contribution is -2.39. The number of thiocarbonyl (C=S) groups is 1. The number of methoxy groups -OCH3 is 1. The van der Waals surface area contributed by atoms with E-state index in [1.807, 2.05) is 43.3 Å². The summed E-state index contributed by atoms with van der Waals surface area (Å²) in [5.41, 5.74) is 0.899. The molecule has 0 amide bonds. The van der Waals surface area contributed by atoms with Crippen LogP contribution in [0.15, 0.2) is 48.8 Å². The highest BCUT2D eigenvalue weighted by atomic mass is 32.1. The molecule has 0 fully saturated rings. The zero-order chi connectivity index (χ0) is 15.8. The fourth-order valence-electron chi connectivity index (χ4n) is 1.76. The molecule has 0 saturated heterocycles. The number of hydrogen-bond acceptors (Lipinski definition) is 4. The minimum atomic E-state index is 0.0731. The van der Waals surface area contributed by atoms with Gasteiger partial charge in [-0.2, -0.15) is 0 Å². The molecule has 0 aliphatic rings. The van der Waals surface area contributed by atoms with Crippen molar-refractivity contribution in [3.05, 3.63) is 48.8 Å². The molecule has 0 saturated carbocycles. The van der Waals surface area contributed by atoms with Crippen molar-refractivity contribution < 1.29 is 9.47 Å². The van der Waals surface area contributed by atoms with Gasteiger partial charge in [-0.1, -0.05) is 0 Å². The number of hydrogen-bond donors (Lipinski definition) is 2. The van der Waals surface area contributed by atoms with Gasteiger partial charge in [-0.15, -0.1) is 0 Å². The lowest BCUT2D eigenvalue weighted by Gasteiger charge is -2.17. The van der Waals surface area contributed by atoms with Crippen LogP contribution in [0.1, 0.15) is 6.92 Å². The summed E-state index contributed by atoms with van der Waals surface area (Å²) in [5.74, 6) is 1.60. The van der Waals surface area contributed by atoms with Gasteiger partial charge in [0.1, 0.15) is 18.1 Å². The Kier molecular flexibility index (Phi) is 5.97. The van der Waals surface area contributed by atoms with E-state index < -0.39 is 0 Å². The third-order valence-electron chi connectivity index (χ3n) is 2.88. The van der Waals surface area contributed by atoms with Gasteiger partial charge in [-0.25, -0.2) is 0 Å². The van der Waals surface area contributed by atoms with E-state index in [0.29, 0.717) is 11.7 Å². The van der Waals surface area contributed by atoms with Gasteiger partial charge >= 0.3 is 0 Å². The lowest BCUT2D eigenvalue weighted by atomic mass is 10.3. The Morgan fingerprint density at radius 3 is 2.41 bits per heavy atom. The molecule has 0 radical (unpaired) electrons. The fourth-order valence-corrected chi connectivity index (χ4v) is 2.08. The standard InChI is InChI=1S/C16H19N3O2S/c1-12(11-21-15-5-3-14(20-2)4-6-15)18-16(22)19-13-7-9-17-10-8-13/h3-10,12H,11H2,1-2H3,(H2,17,18,19,22)/t12-/m1/s1. The highest BCUT2D eigenvalue weighted by Gasteiger charge is 2.05. The van der Waals surface area contributed by atoms with Crippen LogP contribution in [0.3, 0.4) is 0 Å². The van der Waals surface area contributed by atoms with E-state index in [1.165, 1.54) is 0 Å². The van der Waals surface area contributed by atoms with Crippen molar-refractivity contribution in [3.8, 4) is 11.5 Å². The number of nitrogens with one attached hydrogen (secondary N) is 2. The van der Waals surface area contributed by atoms with Crippen molar-refractivity contribution in [2.24, 2.45) is 0 Å². The highest BCUT2D eigenvalue weighted by molar-refractivity contribution is 7.80. The van der Waals surface area contributed by atoms with Crippen molar-refractivity contribution >= 4 is 23.0 Å². The molecule has 2 N–H and O–H groups in total. The number of pyridine rings is 1. The van der Waals surface area contributed by atoms with Gasteiger partial charge in [0.25, 0.3) is 0 Å². The minimum Gasteiger partial charge on any atom is -0.497 e. The first-order chi connectivity index (χ1) is 10.7. The molecule has 116 valence electrons. The Bertz CT molecular complexity index is 590. The quantitative estimate of drug-likeness (QED) is 0.799. The van der Waals surface area contributed by atoms with Gasteiger partial charge in [0.2, 0.25) is 0 Å². The average molecular weight is 317 g/mol. The molecule has 1 atom stereocenters. The van der Waals surface area contributed by atoms with Crippen LogP contribution >= 0.6 is 12.2 Å². The number of nitrogens with zero attached hydrogens (tertiary/aromatic N) is 1. The van der Waals surface area contributed by atoms with Gasteiger partial charge in [0, 0.05) is 18.1 Å². The van der Waals surface area contributed by atoms with Crippen LogP contribution in [0, 0.1) is 0 Å². The van der Waals surface area contributed by atoms with Crippen LogP contribution in [0.5, 0.6) is 11.5 Å². The molecule has 0 aliphatic heterocycles. The normalized spacial score (nSPS) is 11.4. The monoisotopic (exact) mass is 317 g/mol. The molecule has 22 heavy (non-hydrogen) atoms. The average Bonchev–Trinajstić information content (AvgIpc) is 2.54. The van der Waals surface area contributed by atoms with Crippen molar-refractivity contribution in [3.63, 3.8) is 0 Å². The number of aromatic nitrogens is 1. The second-order valence-electron chi connectivity index (χ2n) is 4.72. The lowest BCUT2D eigenvalue weighted by molar-refractivity contribution is 0.286. The first-order valence-electron chi connectivity index (χ1n) is 6.92. The van der Waals surface area contributed by atoms with Gasteiger partial charge < -0.3 is 20.1 Å². The molecule has 0 spiro atoms. The van der Waals surface area contributed by atoms with Crippen molar-refractivity contribution in [2.45, 2.75) is 13.0 Å². The summed E-state index contributed by atoms with van der Waals surface area (Å²) in [7, 11) is 1.64. The molecule has 2 rings (SSSR count). The van der Waals surface area contributed by atoms with E-state index in [4.69, 9.17) is 21.7 Å². The highest BCUT2D eigenvalue weighted by Crippen LogP contribution is 2.17. The number of rotatable bonds is 6. The summed E-state index contributed by atoms with van der Waals surface area (Å²) in [5, 5.41) is 6.82. The molecule has 0 unspecified atom stereocenters. The molecular formula is C16H19N3O2S. The molecule has 0 bridgehead atoms. The van der Waals surface area contributed by atoms with E-state index in [-0.39, 0.29) is 6.04 Å². The van der Waals surface area contributed by atoms with Crippen LogP contribution in [0.4, 0.5) is 5.69 Å². The summed E-state index contributed by atoms with van der Waals surface area (Å²) in [6, 6.07) is 11.3. The smallest absolute Gasteiger partial charge is 0.171 e. The Morgan fingerprint density at radius 1 is 1.14 bits per heavy atom. The number of ether oxygens (including phenoxy) is 2. The molecule has 0 aliphatic carbocycles. The summed E-state index contributed by atoms with van der Waals surface area (Å²) >= 11 is 5.26. The first kappa shape index (κ1) is 16.0. The molecule has 1 heterocycles. The zero-order valence-electron chi connectivity index (χ0n) is 12.6. The van der Waals surface area contributed by atoms with Gasteiger partial charge in [0.15, 0.2) is 5.11 Å². The Labute approximate surface area is 135 Å². The topological polar surface area (TPSA) is 55.4 Å². The second kappa shape index (κ2) is 8.19. The molecule has 1 aromatic carbocycles. The second-order valence-corrected chi connectivity index (χ2v) is 5.13. The van der Waals surface area contributed by atoms with Crippen LogP contribution in [-0.4, -0.2) is 29.9 Å². The molecule has 2 aromatic rings. The van der Waals surface area contributed by atoms with Crippen LogP contribution in [0.2, 0.25) is 0 Å². The van der Waals surface area contributed by atoms with E-state index in [2.05, 4.69) is 15.6 Å². The SMILES string of the molecule is COc1ccc(OC[C@@H](C)NC(=S)Nc2ccncc2)cc1. The Morgan fingerprint density at radius 2 is 1.77 bits per heavy atom. The summed E-state index contributed by atoms with van der Waals surface area (Å²) < 4.78 is 10.8. The first-order valence-corrected chi connectivity index (χ1v) is 7.32. The minimum absolute atomic E-state index is 0.0731. The predicted octanol–water partition coefficient (Wildman–Crippen LogP) is 2.84. The van der Waals surface area contributed by atoms with Crippen molar-refractivity contribution in [1.82, 2.24) is 10.3 Å². The van der Waals surface area contributed by atoms with Crippen LogP contribution in [-0.2, 0) is 0 Å². The summed E-state index contributed by atoms with van der Waals surface area (Å²) in [6.07, 6.45) is 3.42. The maximum absolute atomic E-state index is 5.70.